The number of piperidine rings is 1. The van der Waals surface area contributed by atoms with E-state index in [1.54, 1.807) is 27.9 Å². The molecular weight excluding hydrogens is 473 g/mol. The number of aromatic nitrogens is 4. The molecule has 1 unspecified atom stereocenters. The maximum Gasteiger partial charge on any atom is 0.416 e. The van der Waals surface area contributed by atoms with Gasteiger partial charge in [0.05, 0.1) is 35.8 Å². The average molecular weight is 494 g/mol. The van der Waals surface area contributed by atoms with Gasteiger partial charge in [0.15, 0.2) is 0 Å². The lowest BCUT2D eigenvalue weighted by atomic mass is 9.62. The molecule has 1 saturated carbocycles. The van der Waals surface area contributed by atoms with Crippen LogP contribution in [0.15, 0.2) is 43.0 Å². The first-order valence-corrected chi connectivity index (χ1v) is 11.8. The van der Waals surface area contributed by atoms with Gasteiger partial charge in [0, 0.05) is 12.1 Å². The van der Waals surface area contributed by atoms with E-state index in [0.717, 1.165) is 31.4 Å². The van der Waals surface area contributed by atoms with Gasteiger partial charge >= 0.3 is 6.18 Å². The Bertz CT molecular complexity index is 1560. The highest BCUT2D eigenvalue weighted by Gasteiger charge is 2.54. The molecule has 2 N–H and O–H groups in total. The summed E-state index contributed by atoms with van der Waals surface area (Å²) in [6.45, 7) is 0.511. The van der Waals surface area contributed by atoms with Crippen LogP contribution < -0.4 is 10.5 Å². The number of hydrogen-bond donors (Lipinski definition) is 1. The fraction of sp³-hybridized carbons (Fsp3) is 0.360. The van der Waals surface area contributed by atoms with Crippen molar-refractivity contribution in [2.45, 2.75) is 44.0 Å². The minimum absolute atomic E-state index is 0.0871. The average Bonchev–Trinajstić information content (AvgIpc) is 3.46. The van der Waals surface area contributed by atoms with Crippen molar-refractivity contribution in [3.05, 3.63) is 59.8 Å². The third-order valence-corrected chi connectivity index (χ3v) is 7.92. The summed E-state index contributed by atoms with van der Waals surface area (Å²) in [6, 6.07) is 4.73. The molecule has 1 spiro atoms. The number of nitrogen functional groups attached to an aromatic ring is 1. The van der Waals surface area contributed by atoms with Crippen LogP contribution in [0.5, 0.6) is 5.75 Å². The van der Waals surface area contributed by atoms with E-state index in [-0.39, 0.29) is 22.8 Å². The zero-order valence-corrected chi connectivity index (χ0v) is 19.0. The van der Waals surface area contributed by atoms with E-state index in [1.807, 2.05) is 0 Å². The number of anilines is 1. The molecule has 2 aliphatic heterocycles. The third-order valence-electron chi connectivity index (χ3n) is 7.92. The molecule has 8 nitrogen and oxygen atoms in total. The number of hydrogen-bond acceptors (Lipinski definition) is 6. The first kappa shape index (κ1) is 21.4. The molecule has 5 heterocycles. The van der Waals surface area contributed by atoms with Crippen molar-refractivity contribution in [1.29, 1.82) is 0 Å². The second kappa shape index (κ2) is 7.08. The largest absolute Gasteiger partial charge is 0.488 e. The molecule has 184 valence electrons. The maximum atomic E-state index is 13.9. The van der Waals surface area contributed by atoms with Crippen LogP contribution in [0.4, 0.5) is 19.0 Å². The molecule has 7 rings (SSSR count). The molecular formula is C25H21F3N6O2. The fourth-order valence-electron chi connectivity index (χ4n) is 6.04. The zero-order valence-electron chi connectivity index (χ0n) is 19.0. The summed E-state index contributed by atoms with van der Waals surface area (Å²) in [5.41, 5.74) is 7.77. The number of imidazole rings is 1. The summed E-state index contributed by atoms with van der Waals surface area (Å²) in [7, 11) is 0. The number of carbonyl (C=O) groups is 1. The molecule has 1 saturated heterocycles. The highest BCUT2D eigenvalue weighted by atomic mass is 19.4. The van der Waals surface area contributed by atoms with E-state index in [9.17, 15) is 18.0 Å². The lowest BCUT2D eigenvalue weighted by Gasteiger charge is -2.52. The second-order valence-electron chi connectivity index (χ2n) is 10.0. The van der Waals surface area contributed by atoms with Crippen LogP contribution >= 0.6 is 0 Å². The number of ether oxygens (including phenoxy) is 1. The number of pyridine rings is 1. The molecule has 11 heteroatoms. The van der Waals surface area contributed by atoms with Crippen LogP contribution in [-0.4, -0.2) is 42.8 Å². The Kier molecular flexibility index (Phi) is 4.21. The minimum atomic E-state index is -4.47. The Balaban J connectivity index is 1.32. The van der Waals surface area contributed by atoms with Crippen molar-refractivity contribution in [3.8, 4) is 5.75 Å². The predicted octanol–water partition coefficient (Wildman–Crippen LogP) is 4.40. The van der Waals surface area contributed by atoms with Gasteiger partial charge in [0.2, 0.25) is 0 Å². The summed E-state index contributed by atoms with van der Waals surface area (Å²) in [5.74, 6) is 0.212. The number of halogens is 3. The Morgan fingerprint density at radius 2 is 2.00 bits per heavy atom. The third kappa shape index (κ3) is 3.01. The molecule has 2 atom stereocenters. The lowest BCUT2D eigenvalue weighted by Crippen LogP contribution is -2.55. The molecule has 4 aromatic rings. The van der Waals surface area contributed by atoms with Gasteiger partial charge in [-0.3, -0.25) is 9.20 Å². The van der Waals surface area contributed by atoms with Crippen LogP contribution in [-0.2, 0) is 6.18 Å². The van der Waals surface area contributed by atoms with Crippen LogP contribution in [0, 0.1) is 5.41 Å². The fourth-order valence-corrected chi connectivity index (χ4v) is 6.04. The van der Waals surface area contributed by atoms with Crippen molar-refractivity contribution in [3.63, 3.8) is 0 Å². The molecule has 1 amide bonds. The van der Waals surface area contributed by atoms with Gasteiger partial charge < -0.3 is 15.4 Å². The highest BCUT2D eigenvalue weighted by molar-refractivity contribution is 5.96. The van der Waals surface area contributed by atoms with Crippen LogP contribution in [0.3, 0.4) is 0 Å². The predicted molar refractivity (Wildman–Crippen MR) is 123 cm³/mol. The number of benzene rings is 1. The Hall–Kier alpha value is -3.89. The number of rotatable bonds is 1. The molecule has 3 aromatic heterocycles. The van der Waals surface area contributed by atoms with Gasteiger partial charge in [-0.2, -0.15) is 13.2 Å². The monoisotopic (exact) mass is 494 g/mol. The summed E-state index contributed by atoms with van der Waals surface area (Å²) in [6.07, 6.45) is 3.52. The zero-order chi connectivity index (χ0) is 24.8. The first-order chi connectivity index (χ1) is 17.2. The second-order valence-corrected chi connectivity index (χ2v) is 10.0. The van der Waals surface area contributed by atoms with Gasteiger partial charge in [-0.1, -0.05) is 12.5 Å². The smallest absolute Gasteiger partial charge is 0.416 e. The van der Waals surface area contributed by atoms with Crippen molar-refractivity contribution >= 4 is 28.3 Å². The van der Waals surface area contributed by atoms with E-state index < -0.39 is 23.9 Å². The molecule has 36 heavy (non-hydrogen) atoms. The van der Waals surface area contributed by atoms with Gasteiger partial charge in [-0.25, -0.2) is 15.0 Å². The summed E-state index contributed by atoms with van der Waals surface area (Å²) < 4.78 is 47.8. The van der Waals surface area contributed by atoms with E-state index in [1.165, 1.54) is 12.3 Å². The quantitative estimate of drug-likeness (QED) is 0.421. The first-order valence-electron chi connectivity index (χ1n) is 11.8. The van der Waals surface area contributed by atoms with E-state index in [4.69, 9.17) is 10.5 Å². The standard InChI is InChI=1S/C25H21F3N6O2/c26-25(27,28)13-2-3-14-19(6-13)36-20-8-24(4-1-5-24)11-33(21(14)20)23(35)15-7-17-16(9-31-15)32-22(29)18-10-30-12-34(17)18/h2-3,6-7,9-10,12,20-21H,1,4-5,8,11H2,(H2,29,32)/t20-,21?/m0/s1. The van der Waals surface area contributed by atoms with Gasteiger partial charge in [0.1, 0.15) is 34.4 Å². The van der Waals surface area contributed by atoms with E-state index in [0.29, 0.717) is 40.9 Å². The Morgan fingerprint density at radius 1 is 1.17 bits per heavy atom. The number of alkyl halides is 3. The van der Waals surface area contributed by atoms with Gasteiger partial charge in [-0.05, 0) is 42.9 Å². The number of nitrogens with zero attached hydrogens (tertiary/aromatic N) is 5. The van der Waals surface area contributed by atoms with Crippen molar-refractivity contribution in [1.82, 2.24) is 24.3 Å². The van der Waals surface area contributed by atoms with Crippen molar-refractivity contribution in [2.24, 2.45) is 5.41 Å². The van der Waals surface area contributed by atoms with Gasteiger partial charge in [-0.15, -0.1) is 0 Å². The molecule has 1 aliphatic carbocycles. The molecule has 1 aromatic carbocycles. The topological polar surface area (TPSA) is 98.6 Å². The van der Waals surface area contributed by atoms with Crippen LogP contribution in [0.1, 0.15) is 53.3 Å². The summed E-state index contributed by atoms with van der Waals surface area (Å²) in [5, 5.41) is 0. The Labute approximate surface area is 202 Å². The highest BCUT2D eigenvalue weighted by Crippen LogP contribution is 2.56. The molecule has 0 radical (unpaired) electrons. The number of carbonyl (C=O) groups excluding carboxylic acids is 1. The number of fused-ring (bicyclic) bond motifs is 6. The SMILES string of the molecule is Nc1nc2cnc(C(=O)N3CC4(CCC4)C[C@@H]4Oc5cc(C(F)(F)F)ccc5C43)cc2n2cncc12. The summed E-state index contributed by atoms with van der Waals surface area (Å²) >= 11 is 0. The Morgan fingerprint density at radius 3 is 2.75 bits per heavy atom. The minimum Gasteiger partial charge on any atom is -0.488 e. The van der Waals surface area contributed by atoms with E-state index in [2.05, 4.69) is 15.0 Å². The number of likely N-dealkylation sites (tertiary alicyclic amines) is 1. The van der Waals surface area contributed by atoms with E-state index >= 15 is 0 Å². The summed E-state index contributed by atoms with van der Waals surface area (Å²) in [4.78, 5) is 28.6. The van der Waals surface area contributed by atoms with Crippen molar-refractivity contribution < 1.29 is 22.7 Å². The van der Waals surface area contributed by atoms with Crippen LogP contribution in [0.25, 0.3) is 16.6 Å². The maximum absolute atomic E-state index is 13.9. The molecule has 2 fully saturated rings. The number of amides is 1. The number of nitrogens with two attached hydrogens (primary N) is 1. The molecule has 3 aliphatic rings. The normalized spacial score (nSPS) is 22.4. The van der Waals surface area contributed by atoms with Crippen molar-refractivity contribution in [2.75, 3.05) is 12.3 Å². The van der Waals surface area contributed by atoms with Crippen LogP contribution in [0.2, 0.25) is 0 Å². The lowest BCUT2D eigenvalue weighted by molar-refractivity contribution is -0.137. The van der Waals surface area contributed by atoms with Gasteiger partial charge in [0.25, 0.3) is 5.91 Å². The molecule has 0 bridgehead atoms.